The molecule has 2 rings (SSSR count). The normalized spacial score (nSPS) is 20.8. The minimum Gasteiger partial charge on any atom is -0.358 e. The molecule has 4 amide bonds. The molecule has 0 bridgehead atoms. The molecule has 0 saturated carbocycles. The first kappa shape index (κ1) is 16.2. The average molecular weight is 307 g/mol. The van der Waals surface area contributed by atoms with Gasteiger partial charge in [-0.3, -0.25) is 19.4 Å². The zero-order valence-electron chi connectivity index (χ0n) is 12.7. The van der Waals surface area contributed by atoms with Gasteiger partial charge in [0.25, 0.3) is 5.91 Å². The quantitative estimate of drug-likeness (QED) is 0.522. The van der Waals surface area contributed by atoms with Crippen LogP contribution < -0.4 is 10.6 Å². The first-order valence-corrected chi connectivity index (χ1v) is 7.46. The number of rotatable bonds is 5. The van der Waals surface area contributed by atoms with Crippen LogP contribution in [0.15, 0.2) is 0 Å². The minimum absolute atomic E-state index is 0.0594. The number of likely N-dealkylation sites (N-methyl/N-ethyl adjacent to an activating group) is 1. The van der Waals surface area contributed by atoms with Crippen LogP contribution in [0.1, 0.15) is 25.7 Å². The van der Waals surface area contributed by atoms with Crippen molar-refractivity contribution in [2.45, 2.75) is 31.2 Å². The highest BCUT2D eigenvalue weighted by Crippen LogP contribution is 2.29. The van der Waals surface area contributed by atoms with Gasteiger partial charge in [0.05, 0.1) is 12.6 Å². The lowest BCUT2D eigenvalue weighted by Gasteiger charge is -2.36. The molecule has 22 heavy (non-hydrogen) atoms. The average Bonchev–Trinajstić information content (AvgIpc) is 2.74. The summed E-state index contributed by atoms with van der Waals surface area (Å²) in [6.07, 6.45) is 1.82. The van der Waals surface area contributed by atoms with E-state index in [2.05, 4.69) is 10.6 Å². The topological polar surface area (TPSA) is 106 Å². The molecule has 2 heterocycles. The van der Waals surface area contributed by atoms with Crippen LogP contribution in [0.25, 0.3) is 0 Å². The van der Waals surface area contributed by atoms with E-state index in [1.165, 1.54) is 4.90 Å². The van der Waals surface area contributed by atoms with Crippen molar-refractivity contribution in [3.05, 3.63) is 0 Å². The number of carbonyl (C=O) groups excluding carboxylic acids is 3. The number of imide groups is 1. The van der Waals surface area contributed by atoms with Gasteiger partial charge in [-0.1, -0.05) is 0 Å². The number of hydrogen-bond acceptors (Lipinski definition) is 5. The fourth-order valence-corrected chi connectivity index (χ4v) is 2.91. The van der Waals surface area contributed by atoms with Gasteiger partial charge in [0, 0.05) is 33.1 Å². The summed E-state index contributed by atoms with van der Waals surface area (Å²) in [5.41, 5.74) is -0.830. The maximum Gasteiger partial charge on any atom is 0.325 e. The third-order valence-corrected chi connectivity index (χ3v) is 4.27. The molecular formula is C14H21N5O3. The Kier molecular flexibility index (Phi) is 4.98. The van der Waals surface area contributed by atoms with E-state index in [0.29, 0.717) is 45.3 Å². The fraction of sp³-hybridized carbons (Fsp3) is 0.714. The van der Waals surface area contributed by atoms with Crippen molar-refractivity contribution in [1.82, 2.24) is 20.4 Å². The molecule has 0 atom stereocenters. The second-order valence-electron chi connectivity index (χ2n) is 5.68. The van der Waals surface area contributed by atoms with Crippen LogP contribution in [0.2, 0.25) is 0 Å². The van der Waals surface area contributed by atoms with Crippen molar-refractivity contribution in [3.8, 4) is 6.07 Å². The summed E-state index contributed by atoms with van der Waals surface area (Å²) in [4.78, 5) is 39.1. The molecule has 2 N–H and O–H groups in total. The summed E-state index contributed by atoms with van der Waals surface area (Å²) in [5, 5.41) is 13.9. The Morgan fingerprint density at radius 3 is 2.68 bits per heavy atom. The molecule has 0 aliphatic carbocycles. The van der Waals surface area contributed by atoms with Gasteiger partial charge in [-0.15, -0.1) is 0 Å². The number of unbranched alkanes of at least 4 members (excludes halogenated alkanes) is 1. The molecular weight excluding hydrogens is 286 g/mol. The second-order valence-corrected chi connectivity index (χ2v) is 5.68. The fourth-order valence-electron chi connectivity index (χ4n) is 2.91. The smallest absolute Gasteiger partial charge is 0.325 e. The number of hydrogen-bond donors (Lipinski definition) is 2. The van der Waals surface area contributed by atoms with Crippen LogP contribution in [0.3, 0.4) is 0 Å². The van der Waals surface area contributed by atoms with Crippen molar-refractivity contribution in [1.29, 1.82) is 5.26 Å². The highest BCUT2D eigenvalue weighted by atomic mass is 16.2. The molecule has 0 aromatic heterocycles. The van der Waals surface area contributed by atoms with Crippen molar-refractivity contribution in [2.75, 3.05) is 33.2 Å². The van der Waals surface area contributed by atoms with E-state index < -0.39 is 5.54 Å². The lowest BCUT2D eigenvalue weighted by Crippen LogP contribution is -2.55. The first-order valence-electron chi connectivity index (χ1n) is 7.46. The van der Waals surface area contributed by atoms with Crippen molar-refractivity contribution >= 4 is 17.8 Å². The molecule has 120 valence electrons. The number of urea groups is 1. The Morgan fingerprint density at radius 2 is 2.09 bits per heavy atom. The highest BCUT2D eigenvalue weighted by molar-refractivity contribution is 6.07. The minimum atomic E-state index is -0.830. The lowest BCUT2D eigenvalue weighted by atomic mass is 9.87. The third-order valence-electron chi connectivity index (χ3n) is 4.27. The standard InChI is InChI=1S/C14H21N5O3/c1-16-11(20)10-18-8-4-14(5-9-18)12(21)19(13(22)17-14)7-3-2-6-15/h2-5,7-10H2,1H3,(H,16,20)(H,17,22). The molecule has 0 aromatic carbocycles. The van der Waals surface area contributed by atoms with Gasteiger partial charge < -0.3 is 10.6 Å². The van der Waals surface area contributed by atoms with E-state index in [1.807, 2.05) is 11.0 Å². The summed E-state index contributed by atoms with van der Waals surface area (Å²) in [6.45, 7) is 1.76. The van der Waals surface area contributed by atoms with Crippen LogP contribution in [-0.4, -0.2) is 66.4 Å². The summed E-state index contributed by atoms with van der Waals surface area (Å²) in [6, 6.07) is 1.64. The van der Waals surface area contributed by atoms with E-state index in [4.69, 9.17) is 5.26 Å². The van der Waals surface area contributed by atoms with Crippen LogP contribution in [-0.2, 0) is 9.59 Å². The van der Waals surface area contributed by atoms with Gasteiger partial charge in [-0.25, -0.2) is 4.79 Å². The van der Waals surface area contributed by atoms with Gasteiger partial charge in [0.1, 0.15) is 5.54 Å². The zero-order chi connectivity index (χ0) is 16.2. The Morgan fingerprint density at radius 1 is 1.41 bits per heavy atom. The number of piperidine rings is 1. The molecule has 2 saturated heterocycles. The maximum absolute atomic E-state index is 12.5. The van der Waals surface area contributed by atoms with E-state index in [1.54, 1.807) is 7.05 Å². The Hall–Kier alpha value is -2.14. The van der Waals surface area contributed by atoms with Crippen molar-refractivity contribution in [2.24, 2.45) is 0 Å². The van der Waals surface area contributed by atoms with Crippen molar-refractivity contribution in [3.63, 3.8) is 0 Å². The van der Waals surface area contributed by atoms with Gasteiger partial charge in [-0.05, 0) is 19.3 Å². The molecule has 0 unspecified atom stereocenters. The Bertz CT molecular complexity index is 505. The number of amides is 4. The molecule has 0 aromatic rings. The van der Waals surface area contributed by atoms with Gasteiger partial charge >= 0.3 is 6.03 Å². The maximum atomic E-state index is 12.5. The Balaban J connectivity index is 1.93. The van der Waals surface area contributed by atoms with Crippen LogP contribution in [0, 0.1) is 11.3 Å². The van der Waals surface area contributed by atoms with Gasteiger partial charge in [-0.2, -0.15) is 5.26 Å². The van der Waals surface area contributed by atoms with Gasteiger partial charge in [0.2, 0.25) is 5.91 Å². The Labute approximate surface area is 129 Å². The zero-order valence-corrected chi connectivity index (χ0v) is 12.7. The second kappa shape index (κ2) is 6.75. The summed E-state index contributed by atoms with van der Waals surface area (Å²) in [7, 11) is 1.59. The SMILES string of the molecule is CNC(=O)CN1CCC2(CC1)NC(=O)N(CCCC#N)C2=O. The highest BCUT2D eigenvalue weighted by Gasteiger charge is 2.51. The molecule has 1 spiro atoms. The van der Waals surface area contributed by atoms with E-state index in [-0.39, 0.29) is 24.4 Å². The number of carbonyl (C=O) groups is 3. The summed E-state index contributed by atoms with van der Waals surface area (Å²) < 4.78 is 0. The first-order chi connectivity index (χ1) is 10.5. The summed E-state index contributed by atoms with van der Waals surface area (Å²) >= 11 is 0. The van der Waals surface area contributed by atoms with Crippen LogP contribution >= 0.6 is 0 Å². The third kappa shape index (κ3) is 3.20. The summed E-state index contributed by atoms with van der Waals surface area (Å²) in [5.74, 6) is -0.258. The van der Waals surface area contributed by atoms with E-state index in [9.17, 15) is 14.4 Å². The van der Waals surface area contributed by atoms with Crippen LogP contribution in [0.4, 0.5) is 4.79 Å². The lowest BCUT2D eigenvalue weighted by molar-refractivity contribution is -0.133. The van der Waals surface area contributed by atoms with Gasteiger partial charge in [0.15, 0.2) is 0 Å². The largest absolute Gasteiger partial charge is 0.358 e. The molecule has 8 nitrogen and oxygen atoms in total. The molecule has 8 heteroatoms. The van der Waals surface area contributed by atoms with E-state index >= 15 is 0 Å². The number of likely N-dealkylation sites (tertiary alicyclic amines) is 1. The molecule has 2 fully saturated rings. The molecule has 0 radical (unpaired) electrons. The van der Waals surface area contributed by atoms with Crippen LogP contribution in [0.5, 0.6) is 0 Å². The molecule has 2 aliphatic rings. The van der Waals surface area contributed by atoms with E-state index in [0.717, 1.165) is 0 Å². The number of nitrogens with zero attached hydrogens (tertiary/aromatic N) is 3. The number of nitrogens with one attached hydrogen (secondary N) is 2. The monoisotopic (exact) mass is 307 g/mol. The predicted octanol–water partition coefficient (Wildman–Crippen LogP) is -0.577. The number of nitriles is 1. The molecule has 2 aliphatic heterocycles. The van der Waals surface area contributed by atoms with Crippen molar-refractivity contribution < 1.29 is 14.4 Å². The predicted molar refractivity (Wildman–Crippen MR) is 77.6 cm³/mol.